The molecule has 0 heterocycles. The second-order valence-electron chi connectivity index (χ2n) is 6.45. The molecule has 0 aliphatic rings. The van der Waals surface area contributed by atoms with Gasteiger partial charge in [-0.15, -0.1) is 0 Å². The van der Waals surface area contributed by atoms with Gasteiger partial charge in [-0.3, -0.25) is 4.79 Å². The van der Waals surface area contributed by atoms with Crippen molar-refractivity contribution in [3.63, 3.8) is 0 Å². The molecule has 0 fully saturated rings. The molecule has 2 nitrogen and oxygen atoms in total. The van der Waals surface area contributed by atoms with E-state index < -0.39 is 65.2 Å². The molecule has 0 atom stereocenters. The smallest absolute Gasteiger partial charge is 0.340 e. The van der Waals surface area contributed by atoms with Crippen molar-refractivity contribution in [1.29, 1.82) is 0 Å². The summed E-state index contributed by atoms with van der Waals surface area (Å²) in [5.74, 6) is -59.1. The van der Waals surface area contributed by atoms with Crippen molar-refractivity contribution in [2.45, 2.75) is 67.6 Å². The minimum Gasteiger partial charge on any atom is -0.340 e. The van der Waals surface area contributed by atoms with Crippen LogP contribution in [0.25, 0.3) is 0 Å². The van der Waals surface area contributed by atoms with Crippen LogP contribution in [0.3, 0.4) is 0 Å². The number of halogens is 16. The average molecular weight is 515 g/mol. The monoisotopic (exact) mass is 515 g/mol. The van der Waals surface area contributed by atoms with Crippen LogP contribution in [0, 0.1) is 0 Å². The van der Waals surface area contributed by atoms with E-state index in [9.17, 15) is 75.0 Å². The fourth-order valence-corrected chi connectivity index (χ4v) is 2.01. The Balaban J connectivity index is 6.58. The summed E-state index contributed by atoms with van der Waals surface area (Å²) < 4.78 is 211. The van der Waals surface area contributed by atoms with E-state index in [1.807, 2.05) is 0 Å². The summed E-state index contributed by atoms with van der Waals surface area (Å²) in [5.41, 5.74) is 0. The summed E-state index contributed by atoms with van der Waals surface area (Å²) in [7, 11) is 0.282. The maximum Gasteiger partial charge on any atom is 0.392 e. The maximum atomic E-state index is 13.7. The van der Waals surface area contributed by atoms with Crippen LogP contribution in [0.1, 0.15) is 19.8 Å². The number of carbonyl (C=O) groups excluding carboxylic acids is 1. The van der Waals surface area contributed by atoms with Crippen LogP contribution in [0.4, 0.5) is 70.2 Å². The van der Waals surface area contributed by atoms with Gasteiger partial charge in [0.25, 0.3) is 5.91 Å². The number of rotatable bonds is 11. The molecule has 0 rings (SSSR count). The third-order valence-corrected chi connectivity index (χ3v) is 4.13. The molecule has 0 spiro atoms. The third-order valence-electron chi connectivity index (χ3n) is 4.13. The Morgan fingerprint density at radius 1 is 0.688 bits per heavy atom. The van der Waals surface area contributed by atoms with Gasteiger partial charge in [0.05, 0.1) is 0 Å². The number of amides is 1. The predicted molar refractivity (Wildman–Crippen MR) is 73.2 cm³/mol. The van der Waals surface area contributed by atoms with Gasteiger partial charge in [-0.25, -0.2) is 8.78 Å². The van der Waals surface area contributed by atoms with E-state index in [0.29, 0.717) is 0 Å². The molecular formula is C14H13F16NO. The largest absolute Gasteiger partial charge is 0.392 e. The number of hydrogen-bond donors (Lipinski definition) is 0. The normalized spacial score (nSPS) is 15.3. The molecule has 0 aromatic rings. The molecule has 0 aliphatic carbocycles. The Morgan fingerprint density at radius 3 is 1.38 bits per heavy atom. The molecule has 0 N–H and O–H groups in total. The Bertz CT molecular complexity index is 674. The molecule has 0 unspecified atom stereocenters. The second kappa shape index (κ2) is 8.61. The molecule has 18 heteroatoms. The summed E-state index contributed by atoms with van der Waals surface area (Å²) in [4.78, 5) is 10.9. The maximum absolute atomic E-state index is 13.7. The van der Waals surface area contributed by atoms with Crippen LogP contribution >= 0.6 is 0 Å². The minimum atomic E-state index is -8.50. The first kappa shape index (κ1) is 30.3. The van der Waals surface area contributed by atoms with Crippen LogP contribution in [0.2, 0.25) is 0 Å². The van der Waals surface area contributed by atoms with E-state index in [1.54, 1.807) is 0 Å². The lowest BCUT2D eigenvalue weighted by atomic mass is 9.89. The highest BCUT2D eigenvalue weighted by atomic mass is 19.4. The SMILES string of the molecule is CCCCN(C)C(=O)C(F)(F)C(F)(F)C(F)(F)C(F)(F)C(F)(F)C(F)(F)C(F)(F)C(F)F. The number of alkyl halides is 16. The van der Waals surface area contributed by atoms with Crippen molar-refractivity contribution in [3.8, 4) is 0 Å². The second-order valence-corrected chi connectivity index (χ2v) is 6.45. The Morgan fingerprint density at radius 2 is 1.03 bits per heavy atom. The van der Waals surface area contributed by atoms with E-state index >= 15 is 0 Å². The first-order valence-corrected chi connectivity index (χ1v) is 8.02. The van der Waals surface area contributed by atoms with E-state index in [2.05, 4.69) is 0 Å². The zero-order chi connectivity index (χ0) is 26.4. The minimum absolute atomic E-state index is 0.0907. The topological polar surface area (TPSA) is 20.3 Å². The van der Waals surface area contributed by atoms with Gasteiger partial charge in [-0.1, -0.05) is 13.3 Å². The van der Waals surface area contributed by atoms with Gasteiger partial charge >= 0.3 is 47.9 Å². The standard InChI is InChI=1S/C14H13F16NO/c1-3-4-5-31(2)7(32)9(19,20)11(23,24)13(27,28)14(29,30)12(25,26)10(21,22)8(17,18)6(15)16/h6H,3-5H2,1-2H3. The number of nitrogens with zero attached hydrogens (tertiary/aromatic N) is 1. The van der Waals surface area contributed by atoms with Gasteiger partial charge in [-0.2, -0.15) is 61.5 Å². The van der Waals surface area contributed by atoms with Crippen LogP contribution in [0.15, 0.2) is 0 Å². The average Bonchev–Trinajstić information content (AvgIpc) is 2.63. The molecule has 0 bridgehead atoms. The quantitative estimate of drug-likeness (QED) is 0.312. The highest BCUT2D eigenvalue weighted by molar-refractivity contribution is 5.84. The van der Waals surface area contributed by atoms with E-state index in [4.69, 9.17) is 0 Å². The molecule has 0 saturated heterocycles. The van der Waals surface area contributed by atoms with Gasteiger partial charge in [0.2, 0.25) is 0 Å². The molecule has 0 radical (unpaired) electrons. The zero-order valence-corrected chi connectivity index (χ0v) is 15.6. The molecule has 1 amide bonds. The number of carbonyl (C=O) groups is 1. The highest BCUT2D eigenvalue weighted by Crippen LogP contribution is 2.62. The summed E-state index contributed by atoms with van der Waals surface area (Å²) >= 11 is 0. The fourth-order valence-electron chi connectivity index (χ4n) is 2.01. The molecule has 192 valence electrons. The van der Waals surface area contributed by atoms with Crippen LogP contribution in [-0.4, -0.2) is 72.3 Å². The van der Waals surface area contributed by atoms with Crippen LogP contribution in [-0.2, 0) is 4.79 Å². The van der Waals surface area contributed by atoms with Crippen molar-refractivity contribution in [3.05, 3.63) is 0 Å². The van der Waals surface area contributed by atoms with E-state index in [1.165, 1.54) is 6.92 Å². The first-order chi connectivity index (χ1) is 13.8. The molecule has 0 saturated carbocycles. The van der Waals surface area contributed by atoms with Crippen LogP contribution in [0.5, 0.6) is 0 Å². The van der Waals surface area contributed by atoms with Gasteiger partial charge in [-0.05, 0) is 6.42 Å². The Hall–Kier alpha value is -1.65. The lowest BCUT2D eigenvalue weighted by Gasteiger charge is -2.42. The van der Waals surface area contributed by atoms with Crippen molar-refractivity contribution in [2.75, 3.05) is 13.6 Å². The first-order valence-electron chi connectivity index (χ1n) is 8.02. The summed E-state index contributed by atoms with van der Waals surface area (Å²) in [6.45, 7) is 0.495. The van der Waals surface area contributed by atoms with Crippen LogP contribution < -0.4 is 0 Å². The van der Waals surface area contributed by atoms with Gasteiger partial charge < -0.3 is 4.90 Å². The van der Waals surface area contributed by atoms with Crippen molar-refractivity contribution in [2.24, 2.45) is 0 Å². The molecule has 32 heavy (non-hydrogen) atoms. The lowest BCUT2D eigenvalue weighted by molar-refractivity contribution is -0.444. The summed E-state index contributed by atoms with van der Waals surface area (Å²) in [6, 6.07) is 0. The highest BCUT2D eigenvalue weighted by Gasteiger charge is 2.94. The van der Waals surface area contributed by atoms with Gasteiger partial charge in [0.15, 0.2) is 0 Å². The molecule has 0 aromatic carbocycles. The van der Waals surface area contributed by atoms with E-state index in [-0.39, 0.29) is 19.9 Å². The Kier molecular flexibility index (Phi) is 8.16. The zero-order valence-electron chi connectivity index (χ0n) is 15.6. The Labute approximate surface area is 168 Å². The molecule has 0 aliphatic heterocycles. The van der Waals surface area contributed by atoms with Gasteiger partial charge in [0, 0.05) is 13.6 Å². The predicted octanol–water partition coefficient (Wildman–Crippen LogP) is 5.96. The molecule has 0 aromatic heterocycles. The number of unbranched alkanes of at least 4 members (excludes halogenated alkanes) is 1. The number of hydrogen-bond acceptors (Lipinski definition) is 1. The van der Waals surface area contributed by atoms with Gasteiger partial charge in [0.1, 0.15) is 0 Å². The summed E-state index contributed by atoms with van der Waals surface area (Å²) in [6.07, 6.45) is -6.04. The van der Waals surface area contributed by atoms with Crippen molar-refractivity contribution >= 4 is 5.91 Å². The molecular weight excluding hydrogens is 502 g/mol. The third kappa shape index (κ3) is 4.05. The van der Waals surface area contributed by atoms with E-state index in [0.717, 1.165) is 0 Å². The van der Waals surface area contributed by atoms with Crippen molar-refractivity contribution < 1.29 is 75.0 Å². The van der Waals surface area contributed by atoms with Crippen molar-refractivity contribution in [1.82, 2.24) is 4.90 Å². The lowest BCUT2D eigenvalue weighted by Crippen LogP contribution is -2.74. The summed E-state index contributed by atoms with van der Waals surface area (Å²) in [5, 5.41) is 0. The fraction of sp³-hybridized carbons (Fsp3) is 0.929.